The third-order valence-electron chi connectivity index (χ3n) is 1.54. The van der Waals surface area contributed by atoms with Gasteiger partial charge in [-0.15, -0.1) is 0 Å². The number of esters is 1. The molecule has 0 fully saturated rings. The number of hydrogen-bond acceptors (Lipinski definition) is 2. The Bertz CT molecular complexity index is 300. The lowest BCUT2D eigenvalue weighted by molar-refractivity contribution is -0.142. The maximum absolute atomic E-state index is 10.5. The zero-order chi connectivity index (χ0) is 9.84. The van der Waals surface area contributed by atoms with E-state index in [0.717, 1.165) is 11.1 Å². The summed E-state index contributed by atoms with van der Waals surface area (Å²) in [6.07, 6.45) is 0. The first kappa shape index (κ1) is 10.1. The third-order valence-corrected chi connectivity index (χ3v) is 1.76. The largest absolute Gasteiger partial charge is 0.461 e. The second-order valence-electron chi connectivity index (χ2n) is 2.92. The van der Waals surface area contributed by atoms with Crippen LogP contribution in [0.1, 0.15) is 18.1 Å². The molecule has 13 heavy (non-hydrogen) atoms. The van der Waals surface area contributed by atoms with E-state index in [4.69, 9.17) is 16.3 Å². The molecule has 0 unspecified atom stereocenters. The summed E-state index contributed by atoms with van der Waals surface area (Å²) in [5, 5.41) is 0.669. The third kappa shape index (κ3) is 3.47. The molecule has 0 bridgehead atoms. The van der Waals surface area contributed by atoms with Crippen LogP contribution in [0.25, 0.3) is 0 Å². The second-order valence-corrected chi connectivity index (χ2v) is 3.35. The Kier molecular flexibility index (Phi) is 3.32. The number of hydrogen-bond donors (Lipinski definition) is 0. The molecule has 1 rings (SSSR count). The highest BCUT2D eigenvalue weighted by Crippen LogP contribution is 2.15. The molecule has 0 amide bonds. The molecule has 1 aromatic rings. The molecule has 3 heteroatoms. The number of rotatable bonds is 2. The van der Waals surface area contributed by atoms with Crippen molar-refractivity contribution in [2.75, 3.05) is 0 Å². The lowest BCUT2D eigenvalue weighted by Gasteiger charge is -2.03. The predicted octanol–water partition coefficient (Wildman–Crippen LogP) is 2.71. The number of carbonyl (C=O) groups excluding carboxylic acids is 1. The molecular weight excluding hydrogens is 188 g/mol. The Morgan fingerprint density at radius 2 is 2.15 bits per heavy atom. The summed E-state index contributed by atoms with van der Waals surface area (Å²) in [6, 6.07) is 5.59. The van der Waals surface area contributed by atoms with Crippen LogP contribution in [0.3, 0.4) is 0 Å². The van der Waals surface area contributed by atoms with Crippen molar-refractivity contribution in [3.05, 3.63) is 34.3 Å². The van der Waals surface area contributed by atoms with Crippen LogP contribution in [0.15, 0.2) is 18.2 Å². The Hall–Kier alpha value is -1.02. The van der Waals surface area contributed by atoms with E-state index in [1.54, 1.807) is 6.07 Å². The summed E-state index contributed by atoms with van der Waals surface area (Å²) in [6.45, 7) is 3.62. The van der Waals surface area contributed by atoms with Crippen molar-refractivity contribution in [2.24, 2.45) is 0 Å². The second kappa shape index (κ2) is 4.28. The van der Waals surface area contributed by atoms with E-state index < -0.39 is 0 Å². The number of ether oxygens (including phenoxy) is 1. The first-order valence-corrected chi connectivity index (χ1v) is 4.35. The molecule has 0 N–H and O–H groups in total. The molecule has 70 valence electrons. The molecule has 0 spiro atoms. The molecule has 0 radical (unpaired) electrons. The normalized spacial score (nSPS) is 9.77. The van der Waals surface area contributed by atoms with Crippen molar-refractivity contribution >= 4 is 17.6 Å². The van der Waals surface area contributed by atoms with Crippen LogP contribution < -0.4 is 0 Å². The minimum atomic E-state index is -0.280. The summed E-state index contributed by atoms with van der Waals surface area (Å²) in [5.74, 6) is -0.280. The van der Waals surface area contributed by atoms with E-state index in [9.17, 15) is 4.79 Å². The Balaban J connectivity index is 2.71. The lowest BCUT2D eigenvalue weighted by Crippen LogP contribution is -1.98. The Morgan fingerprint density at radius 1 is 1.46 bits per heavy atom. The molecule has 0 heterocycles. The lowest BCUT2D eigenvalue weighted by atomic mass is 10.1. The van der Waals surface area contributed by atoms with Gasteiger partial charge in [-0.25, -0.2) is 0 Å². The van der Waals surface area contributed by atoms with Gasteiger partial charge in [-0.3, -0.25) is 4.79 Å². The van der Waals surface area contributed by atoms with Crippen LogP contribution >= 0.6 is 11.6 Å². The highest BCUT2D eigenvalue weighted by molar-refractivity contribution is 6.30. The first-order chi connectivity index (χ1) is 6.08. The minimum absolute atomic E-state index is 0.280. The topological polar surface area (TPSA) is 26.3 Å². The molecule has 2 nitrogen and oxygen atoms in total. The predicted molar refractivity (Wildman–Crippen MR) is 51.7 cm³/mol. The van der Waals surface area contributed by atoms with Crippen LogP contribution in [-0.4, -0.2) is 5.97 Å². The fraction of sp³-hybridized carbons (Fsp3) is 0.300. The van der Waals surface area contributed by atoms with Crippen LogP contribution in [0.2, 0.25) is 5.02 Å². The maximum atomic E-state index is 10.5. The van der Waals surface area contributed by atoms with Gasteiger partial charge < -0.3 is 4.74 Å². The molecule has 0 aromatic heterocycles. The van der Waals surface area contributed by atoms with E-state index in [1.165, 1.54) is 6.92 Å². The van der Waals surface area contributed by atoms with Gasteiger partial charge in [-0.2, -0.15) is 0 Å². The van der Waals surface area contributed by atoms with Crippen molar-refractivity contribution in [1.82, 2.24) is 0 Å². The summed E-state index contributed by atoms with van der Waals surface area (Å²) in [5.41, 5.74) is 1.98. The smallest absolute Gasteiger partial charge is 0.302 e. The van der Waals surface area contributed by atoms with Gasteiger partial charge in [0.1, 0.15) is 6.61 Å². The first-order valence-electron chi connectivity index (χ1n) is 3.97. The Labute approximate surface area is 82.5 Å². The van der Waals surface area contributed by atoms with Gasteiger partial charge in [-0.05, 0) is 30.2 Å². The van der Waals surface area contributed by atoms with Crippen LogP contribution in [0.4, 0.5) is 0 Å². The van der Waals surface area contributed by atoms with Crippen molar-refractivity contribution in [2.45, 2.75) is 20.5 Å². The molecular formula is C10H11ClO2. The van der Waals surface area contributed by atoms with Crippen LogP contribution in [0, 0.1) is 6.92 Å². The molecule has 0 saturated heterocycles. The van der Waals surface area contributed by atoms with E-state index in [1.807, 2.05) is 19.1 Å². The van der Waals surface area contributed by atoms with Crippen LogP contribution in [0.5, 0.6) is 0 Å². The number of aryl methyl sites for hydroxylation is 1. The van der Waals surface area contributed by atoms with E-state index in [2.05, 4.69) is 0 Å². The summed E-state index contributed by atoms with van der Waals surface area (Å²) >= 11 is 5.82. The standard InChI is InChI=1S/C10H11ClO2/c1-7-3-9(5-10(11)4-7)6-13-8(2)12/h3-5H,6H2,1-2H3. The van der Waals surface area contributed by atoms with Gasteiger partial charge in [0, 0.05) is 11.9 Å². The van der Waals surface area contributed by atoms with E-state index in [0.29, 0.717) is 5.02 Å². The van der Waals surface area contributed by atoms with Gasteiger partial charge in [0.15, 0.2) is 0 Å². The average molecular weight is 199 g/mol. The van der Waals surface area contributed by atoms with Gasteiger partial charge in [-0.1, -0.05) is 17.7 Å². The maximum Gasteiger partial charge on any atom is 0.302 e. The molecule has 0 aliphatic heterocycles. The quantitative estimate of drug-likeness (QED) is 0.683. The van der Waals surface area contributed by atoms with E-state index in [-0.39, 0.29) is 12.6 Å². The summed E-state index contributed by atoms with van der Waals surface area (Å²) < 4.78 is 4.84. The molecule has 1 aromatic carbocycles. The number of halogens is 1. The minimum Gasteiger partial charge on any atom is -0.461 e. The van der Waals surface area contributed by atoms with Gasteiger partial charge in [0.25, 0.3) is 0 Å². The fourth-order valence-electron chi connectivity index (χ4n) is 1.08. The van der Waals surface area contributed by atoms with Crippen LogP contribution in [-0.2, 0) is 16.1 Å². The van der Waals surface area contributed by atoms with Crippen molar-refractivity contribution < 1.29 is 9.53 Å². The fourth-order valence-corrected chi connectivity index (χ4v) is 1.39. The SMILES string of the molecule is CC(=O)OCc1cc(C)cc(Cl)c1. The van der Waals surface area contributed by atoms with Gasteiger partial charge in [0.05, 0.1) is 0 Å². The summed E-state index contributed by atoms with van der Waals surface area (Å²) in [4.78, 5) is 10.5. The Morgan fingerprint density at radius 3 is 2.69 bits per heavy atom. The zero-order valence-corrected chi connectivity index (χ0v) is 8.39. The molecule has 0 aliphatic carbocycles. The van der Waals surface area contributed by atoms with Gasteiger partial charge >= 0.3 is 5.97 Å². The highest BCUT2D eigenvalue weighted by atomic mass is 35.5. The summed E-state index contributed by atoms with van der Waals surface area (Å²) in [7, 11) is 0. The molecule has 0 saturated carbocycles. The van der Waals surface area contributed by atoms with Crippen molar-refractivity contribution in [3.8, 4) is 0 Å². The molecule has 0 atom stereocenters. The monoisotopic (exact) mass is 198 g/mol. The number of benzene rings is 1. The molecule has 0 aliphatic rings. The van der Waals surface area contributed by atoms with E-state index >= 15 is 0 Å². The average Bonchev–Trinajstić information content (AvgIpc) is 1.99. The highest BCUT2D eigenvalue weighted by Gasteiger charge is 1.98. The van der Waals surface area contributed by atoms with Crippen molar-refractivity contribution in [1.29, 1.82) is 0 Å². The van der Waals surface area contributed by atoms with Crippen molar-refractivity contribution in [3.63, 3.8) is 0 Å². The number of carbonyl (C=O) groups is 1. The van der Waals surface area contributed by atoms with Gasteiger partial charge in [0.2, 0.25) is 0 Å². The zero-order valence-electron chi connectivity index (χ0n) is 7.63.